The molecule has 0 bridgehead atoms. The number of nitrogens with one attached hydrogen (secondary N) is 2. The van der Waals surface area contributed by atoms with Crippen molar-refractivity contribution >= 4 is 28.5 Å². The molecule has 2 aromatic rings. The predicted molar refractivity (Wildman–Crippen MR) is 82.5 cm³/mol. The van der Waals surface area contributed by atoms with Crippen LogP contribution in [0.2, 0.25) is 0 Å². The molecule has 0 fully saturated rings. The van der Waals surface area contributed by atoms with Gasteiger partial charge in [-0.15, -0.1) is 11.3 Å². The lowest BCUT2D eigenvalue weighted by Gasteiger charge is -2.03. The second-order valence-corrected chi connectivity index (χ2v) is 5.12. The summed E-state index contributed by atoms with van der Waals surface area (Å²) in [5.41, 5.74) is 1.38. The number of thiazole rings is 1. The fourth-order valence-corrected chi connectivity index (χ4v) is 2.31. The number of ether oxygens (including phenoxy) is 1. The molecule has 8 heteroatoms. The molecule has 0 saturated carbocycles. The van der Waals surface area contributed by atoms with Gasteiger partial charge in [-0.05, 0) is 19.1 Å². The molecule has 22 heavy (non-hydrogen) atoms. The molecule has 2 aromatic heterocycles. The maximum absolute atomic E-state index is 11.8. The van der Waals surface area contributed by atoms with E-state index >= 15 is 0 Å². The molecular formula is C14H16N4O3S. The van der Waals surface area contributed by atoms with E-state index in [-0.39, 0.29) is 12.3 Å². The van der Waals surface area contributed by atoms with E-state index in [0.717, 1.165) is 5.69 Å². The number of carbonyl (C=O) groups excluding carboxylic acids is 2. The van der Waals surface area contributed by atoms with Crippen molar-refractivity contribution in [3.05, 3.63) is 41.2 Å². The number of nitrogens with zero attached hydrogens (tertiary/aromatic N) is 2. The summed E-state index contributed by atoms with van der Waals surface area (Å²) in [5, 5.41) is 7.40. The molecule has 2 N–H and O–H groups in total. The van der Waals surface area contributed by atoms with Gasteiger partial charge in [-0.25, -0.2) is 9.78 Å². The van der Waals surface area contributed by atoms with Gasteiger partial charge in [-0.3, -0.25) is 15.1 Å². The van der Waals surface area contributed by atoms with Crippen LogP contribution in [0.4, 0.5) is 9.93 Å². The number of hydrogen-bond acceptors (Lipinski definition) is 6. The summed E-state index contributed by atoms with van der Waals surface area (Å²) < 4.78 is 4.75. The second-order valence-electron chi connectivity index (χ2n) is 4.26. The van der Waals surface area contributed by atoms with Crippen LogP contribution < -0.4 is 10.6 Å². The summed E-state index contributed by atoms with van der Waals surface area (Å²) in [6.45, 7) is 2.39. The predicted octanol–water partition coefficient (Wildman–Crippen LogP) is 1.97. The van der Waals surface area contributed by atoms with E-state index in [1.165, 1.54) is 11.3 Å². The Hall–Kier alpha value is -2.48. The number of amides is 2. The largest absolute Gasteiger partial charge is 0.450 e. The lowest BCUT2D eigenvalue weighted by atomic mass is 10.3. The summed E-state index contributed by atoms with van der Waals surface area (Å²) in [4.78, 5) is 31.4. The minimum atomic E-state index is -0.553. The topological polar surface area (TPSA) is 93.2 Å². The van der Waals surface area contributed by atoms with Gasteiger partial charge in [0.15, 0.2) is 5.13 Å². The maximum Gasteiger partial charge on any atom is 0.413 e. The molecule has 0 aliphatic carbocycles. The first kappa shape index (κ1) is 15.9. The zero-order valence-corrected chi connectivity index (χ0v) is 12.9. The Morgan fingerprint density at radius 2 is 2.18 bits per heavy atom. The summed E-state index contributed by atoms with van der Waals surface area (Å²) >= 11 is 1.24. The Labute approximate surface area is 131 Å². The van der Waals surface area contributed by atoms with Gasteiger partial charge < -0.3 is 10.1 Å². The van der Waals surface area contributed by atoms with Crippen LogP contribution in [0.5, 0.6) is 0 Å². The third-order valence-electron chi connectivity index (χ3n) is 2.57. The van der Waals surface area contributed by atoms with Crippen molar-refractivity contribution in [2.75, 3.05) is 11.9 Å². The van der Waals surface area contributed by atoms with Crippen LogP contribution in [0.3, 0.4) is 0 Å². The van der Waals surface area contributed by atoms with Gasteiger partial charge in [0.2, 0.25) is 5.91 Å². The highest BCUT2D eigenvalue weighted by molar-refractivity contribution is 7.13. The molecule has 2 amide bonds. The highest BCUT2D eigenvalue weighted by atomic mass is 32.1. The van der Waals surface area contributed by atoms with Crippen LogP contribution in [0.25, 0.3) is 0 Å². The molecule has 2 heterocycles. The van der Waals surface area contributed by atoms with E-state index in [1.54, 1.807) is 18.5 Å². The van der Waals surface area contributed by atoms with Crippen molar-refractivity contribution in [1.29, 1.82) is 0 Å². The molecular weight excluding hydrogens is 304 g/mol. The Morgan fingerprint density at radius 1 is 1.32 bits per heavy atom. The lowest BCUT2D eigenvalue weighted by Crippen LogP contribution is -2.25. The first-order valence-electron chi connectivity index (χ1n) is 6.72. The van der Waals surface area contributed by atoms with E-state index in [2.05, 4.69) is 20.6 Å². The SMILES string of the molecule is CCOC(=O)Nc1nc(CC(=O)NCc2ccccn2)cs1. The summed E-state index contributed by atoms with van der Waals surface area (Å²) in [6.07, 6.45) is 1.27. The molecule has 116 valence electrons. The van der Waals surface area contributed by atoms with Gasteiger partial charge in [0.05, 0.1) is 31.0 Å². The van der Waals surface area contributed by atoms with Gasteiger partial charge in [0, 0.05) is 11.6 Å². The van der Waals surface area contributed by atoms with E-state index in [4.69, 9.17) is 4.74 Å². The maximum atomic E-state index is 11.8. The van der Waals surface area contributed by atoms with Gasteiger partial charge in [0.25, 0.3) is 0 Å². The van der Waals surface area contributed by atoms with Crippen molar-refractivity contribution in [3.63, 3.8) is 0 Å². The minimum absolute atomic E-state index is 0.147. The van der Waals surface area contributed by atoms with Crippen molar-refractivity contribution in [2.24, 2.45) is 0 Å². The standard InChI is InChI=1S/C14H16N4O3S/c1-2-21-14(20)18-13-17-11(9-22-13)7-12(19)16-8-10-5-3-4-6-15-10/h3-6,9H,2,7-8H2,1H3,(H,16,19)(H,17,18,20). The number of anilines is 1. The normalized spacial score (nSPS) is 10.0. The van der Waals surface area contributed by atoms with Crippen LogP contribution in [0.15, 0.2) is 29.8 Å². The van der Waals surface area contributed by atoms with Crippen molar-refractivity contribution in [2.45, 2.75) is 19.9 Å². The zero-order valence-electron chi connectivity index (χ0n) is 12.0. The Kier molecular flexibility index (Phi) is 5.84. The number of rotatable bonds is 6. The third-order valence-corrected chi connectivity index (χ3v) is 3.38. The lowest BCUT2D eigenvalue weighted by molar-refractivity contribution is -0.120. The van der Waals surface area contributed by atoms with Crippen LogP contribution in [-0.4, -0.2) is 28.6 Å². The quantitative estimate of drug-likeness (QED) is 0.848. The number of aromatic nitrogens is 2. The van der Waals surface area contributed by atoms with Crippen LogP contribution >= 0.6 is 11.3 Å². The minimum Gasteiger partial charge on any atom is -0.450 e. The fourth-order valence-electron chi connectivity index (χ4n) is 1.62. The smallest absolute Gasteiger partial charge is 0.413 e. The average molecular weight is 320 g/mol. The molecule has 0 aromatic carbocycles. The van der Waals surface area contributed by atoms with Gasteiger partial charge in [0.1, 0.15) is 0 Å². The Morgan fingerprint density at radius 3 is 2.91 bits per heavy atom. The van der Waals surface area contributed by atoms with Crippen molar-refractivity contribution in [1.82, 2.24) is 15.3 Å². The van der Waals surface area contributed by atoms with E-state index in [9.17, 15) is 9.59 Å². The highest BCUT2D eigenvalue weighted by Crippen LogP contribution is 2.16. The summed E-state index contributed by atoms with van der Waals surface area (Å²) in [7, 11) is 0. The molecule has 0 aliphatic heterocycles. The number of hydrogen-bond donors (Lipinski definition) is 2. The van der Waals surface area contributed by atoms with E-state index in [0.29, 0.717) is 24.0 Å². The van der Waals surface area contributed by atoms with Gasteiger partial charge in [-0.1, -0.05) is 6.07 Å². The highest BCUT2D eigenvalue weighted by Gasteiger charge is 2.10. The molecule has 0 aliphatic rings. The molecule has 0 spiro atoms. The van der Waals surface area contributed by atoms with Gasteiger partial charge in [-0.2, -0.15) is 0 Å². The van der Waals surface area contributed by atoms with E-state index < -0.39 is 6.09 Å². The van der Waals surface area contributed by atoms with Crippen molar-refractivity contribution in [3.8, 4) is 0 Å². The molecule has 0 radical (unpaired) electrons. The zero-order chi connectivity index (χ0) is 15.8. The molecule has 7 nitrogen and oxygen atoms in total. The van der Waals surface area contributed by atoms with Crippen LogP contribution in [-0.2, 0) is 22.5 Å². The Bertz CT molecular complexity index is 630. The second kappa shape index (κ2) is 8.08. The van der Waals surface area contributed by atoms with Gasteiger partial charge >= 0.3 is 6.09 Å². The summed E-state index contributed by atoms with van der Waals surface area (Å²) in [6, 6.07) is 5.52. The number of pyridine rings is 1. The number of carbonyl (C=O) groups is 2. The molecule has 0 unspecified atom stereocenters. The van der Waals surface area contributed by atoms with Crippen LogP contribution in [0.1, 0.15) is 18.3 Å². The fraction of sp³-hybridized carbons (Fsp3) is 0.286. The third kappa shape index (κ3) is 5.13. The summed E-state index contributed by atoms with van der Waals surface area (Å²) in [5.74, 6) is -0.154. The Balaban J connectivity index is 1.79. The van der Waals surface area contributed by atoms with Crippen molar-refractivity contribution < 1.29 is 14.3 Å². The monoisotopic (exact) mass is 320 g/mol. The van der Waals surface area contributed by atoms with E-state index in [1.807, 2.05) is 18.2 Å². The molecule has 0 atom stereocenters. The van der Waals surface area contributed by atoms with Crippen LogP contribution in [0, 0.1) is 0 Å². The first-order valence-corrected chi connectivity index (χ1v) is 7.60. The first-order chi connectivity index (χ1) is 10.7. The average Bonchev–Trinajstić information content (AvgIpc) is 2.93. The molecule has 2 rings (SSSR count). The molecule has 0 saturated heterocycles.